The molecule has 28 heteroatoms. The van der Waals surface area contributed by atoms with Gasteiger partial charge in [-0.2, -0.15) is 16.8 Å². The molecule has 0 aromatic heterocycles. The molecule has 394 valence electrons. The van der Waals surface area contributed by atoms with E-state index in [4.69, 9.17) is 33.0 Å². The maximum absolute atomic E-state index is 14.0. The molecule has 4 rings (SSSR count). The minimum absolute atomic E-state index is 0.00943. The average molecular weight is 1030 g/mol. The van der Waals surface area contributed by atoms with Crippen molar-refractivity contribution >= 4 is 44.4 Å². The number of nitrogens with one attached hydrogen (secondary N) is 2. The summed E-state index contributed by atoms with van der Waals surface area (Å²) in [6, 6.07) is -1.42. The van der Waals surface area contributed by atoms with Gasteiger partial charge in [0.25, 0.3) is 5.91 Å². The van der Waals surface area contributed by atoms with Gasteiger partial charge in [0.1, 0.15) is 54.6 Å². The number of amides is 2. The van der Waals surface area contributed by atoms with Crippen LogP contribution in [-0.2, 0) is 76.8 Å². The average Bonchev–Trinajstić information content (AvgIpc) is 3.26. The smallest absolute Gasteiger partial charge is 0.398 e. The van der Waals surface area contributed by atoms with Crippen LogP contribution in [0.1, 0.15) is 91.4 Å². The van der Waals surface area contributed by atoms with Crippen LogP contribution in [0.25, 0.3) is 0 Å². The highest BCUT2D eigenvalue weighted by molar-refractivity contribution is 7.81. The molecule has 4 aliphatic rings. The number of carboxylic acid groups (broad SMARTS) is 1. The zero-order chi connectivity index (χ0) is 50.7. The molecule has 0 bridgehead atoms. The highest BCUT2D eigenvalue weighted by Gasteiger charge is 2.53. The van der Waals surface area contributed by atoms with E-state index in [0.29, 0.717) is 6.42 Å². The molecule has 2 heterocycles. The van der Waals surface area contributed by atoms with Crippen LogP contribution in [0.3, 0.4) is 0 Å². The van der Waals surface area contributed by atoms with Gasteiger partial charge in [-0.15, -0.1) is 0 Å². The zero-order valence-corrected chi connectivity index (χ0v) is 39.9. The number of aliphatic hydroxyl groups is 5. The third-order valence-corrected chi connectivity index (χ3v) is 13.7. The summed E-state index contributed by atoms with van der Waals surface area (Å²) in [5, 5.41) is 68.9. The molecule has 6 unspecified atom stereocenters. The normalized spacial score (nSPS) is 34.3. The van der Waals surface area contributed by atoms with E-state index in [1.807, 2.05) is 0 Å². The number of carbonyl (C=O) groups is 4. The maximum atomic E-state index is 14.0. The fourth-order valence-corrected chi connectivity index (χ4v) is 10.2. The number of aliphatic hydroxyl groups excluding tert-OH is 5. The van der Waals surface area contributed by atoms with Crippen molar-refractivity contribution in [1.29, 1.82) is 0 Å². The Morgan fingerprint density at radius 3 is 2.07 bits per heavy atom. The van der Waals surface area contributed by atoms with E-state index in [-0.39, 0.29) is 50.4 Å². The highest BCUT2D eigenvalue weighted by atomic mass is 32.3. The summed E-state index contributed by atoms with van der Waals surface area (Å²) in [6.07, 6.45) is -17.6. The quantitative estimate of drug-likeness (QED) is 0.0346. The summed E-state index contributed by atoms with van der Waals surface area (Å²) >= 11 is 0. The maximum Gasteiger partial charge on any atom is 0.398 e. The van der Waals surface area contributed by atoms with E-state index in [1.165, 1.54) is 6.92 Å². The molecule has 2 aliphatic heterocycles. The standard InChI is InChI=1S/C40H68N2O24S2/c1-5-22-15-23(24(45)12-9-13-41-37(50)35(66-68(56,57)58)28(18-59-4)65-67(53,54)55)16-25(34(22)64-40-33(49)32(48)30(46)19(2)60-40)62-39-29(42-20(3)44)36(31(47)27(17-43)63-39)61-26(38(51)52)14-21-10-7-6-8-11-21/h19,21-23,25-36,39-40,43,46-49H,5-18H2,1-4H3,(H,41,50)(H,42,44)(H,51,52)(H,53,54,55)(H,56,57,58)/t19?,22?,23?,25-,26+,27+,28+,29?,30-,31+,32+,33?,34-,35-,36?,39-,40+/m1/s1. The molecule has 0 aromatic rings. The molecular formula is C40H68N2O24S2. The van der Waals surface area contributed by atoms with Crippen LogP contribution in [0, 0.1) is 17.8 Å². The summed E-state index contributed by atoms with van der Waals surface area (Å²) in [5.41, 5.74) is 0. The van der Waals surface area contributed by atoms with E-state index in [1.54, 1.807) is 6.92 Å². The lowest BCUT2D eigenvalue weighted by Crippen LogP contribution is -2.67. The first-order valence-corrected chi connectivity index (χ1v) is 25.3. The first kappa shape index (κ1) is 58.0. The van der Waals surface area contributed by atoms with Crippen LogP contribution < -0.4 is 10.6 Å². The van der Waals surface area contributed by atoms with Crippen molar-refractivity contribution in [1.82, 2.24) is 10.6 Å². The molecule has 2 aliphatic carbocycles. The lowest BCUT2D eigenvalue weighted by atomic mass is 9.74. The minimum Gasteiger partial charge on any atom is -0.479 e. The topological polar surface area (TPSA) is 396 Å². The molecule has 2 amide bonds. The summed E-state index contributed by atoms with van der Waals surface area (Å²) < 4.78 is 109. The van der Waals surface area contributed by atoms with Crippen LogP contribution in [0.4, 0.5) is 0 Å². The van der Waals surface area contributed by atoms with E-state index in [9.17, 15) is 71.2 Å². The Morgan fingerprint density at radius 2 is 1.50 bits per heavy atom. The molecule has 68 heavy (non-hydrogen) atoms. The monoisotopic (exact) mass is 1020 g/mol. The van der Waals surface area contributed by atoms with E-state index in [0.717, 1.165) is 46.1 Å². The molecule has 0 spiro atoms. The van der Waals surface area contributed by atoms with Gasteiger partial charge < -0.3 is 69.7 Å². The summed E-state index contributed by atoms with van der Waals surface area (Å²) in [5.74, 6) is -5.11. The largest absolute Gasteiger partial charge is 0.479 e. The number of ketones is 1. The molecule has 10 N–H and O–H groups in total. The van der Waals surface area contributed by atoms with Crippen molar-refractivity contribution in [3.05, 3.63) is 0 Å². The van der Waals surface area contributed by atoms with Gasteiger partial charge >= 0.3 is 26.8 Å². The summed E-state index contributed by atoms with van der Waals surface area (Å²) in [6.45, 7) is 2.39. The second-order valence-corrected chi connectivity index (χ2v) is 19.8. The Kier molecular flexibility index (Phi) is 22.3. The lowest BCUT2D eigenvalue weighted by Gasteiger charge is -2.49. The molecule has 17 atom stereocenters. The number of methoxy groups -OCH3 is 1. The molecule has 4 fully saturated rings. The number of hydrogen-bond acceptors (Lipinski definition) is 21. The third-order valence-electron chi connectivity index (χ3n) is 12.7. The van der Waals surface area contributed by atoms with Crippen molar-refractivity contribution in [2.45, 2.75) is 183 Å². The van der Waals surface area contributed by atoms with Gasteiger partial charge in [0, 0.05) is 32.9 Å². The van der Waals surface area contributed by atoms with Crippen LogP contribution in [0.15, 0.2) is 0 Å². The van der Waals surface area contributed by atoms with Gasteiger partial charge in [-0.05, 0) is 44.4 Å². The number of rotatable bonds is 25. The van der Waals surface area contributed by atoms with E-state index >= 15 is 0 Å². The Balaban J connectivity index is 1.61. The molecule has 26 nitrogen and oxygen atoms in total. The number of hydrogen-bond donors (Lipinski definition) is 10. The van der Waals surface area contributed by atoms with Crippen LogP contribution >= 0.6 is 0 Å². The SMILES string of the molecule is CCC1CC(C(=O)CCCNC(=O)[C@H](OS(=O)(=O)O)[C@H](COC)OS(=O)(=O)O)C[C@@H](O[C@@H]2O[C@@H](CO)[C@H](O)C(O[C@@H](CC3CCCCC3)C(=O)O)C2NC(C)=O)[C@@H]1O[C@@H]1OC(C)[C@@H](O)[C@H](O)C1O. The highest BCUT2D eigenvalue weighted by Crippen LogP contribution is 2.40. The summed E-state index contributed by atoms with van der Waals surface area (Å²) in [4.78, 5) is 52.4. The first-order valence-electron chi connectivity index (χ1n) is 22.6. The van der Waals surface area contributed by atoms with Gasteiger partial charge in [0.05, 0.1) is 31.5 Å². The van der Waals surface area contributed by atoms with Crippen molar-refractivity contribution in [3.8, 4) is 0 Å². The second-order valence-electron chi connectivity index (χ2n) is 17.7. The molecule has 2 saturated carbocycles. The van der Waals surface area contributed by atoms with Crippen molar-refractivity contribution in [3.63, 3.8) is 0 Å². The number of carboxylic acids is 1. The Bertz CT molecular complexity index is 1870. The molecule has 0 aromatic carbocycles. The molecule has 0 radical (unpaired) electrons. The van der Waals surface area contributed by atoms with Crippen molar-refractivity contribution in [2.75, 3.05) is 26.9 Å². The van der Waals surface area contributed by atoms with Crippen molar-refractivity contribution in [2.24, 2.45) is 17.8 Å². The number of aliphatic carboxylic acids is 1. The van der Waals surface area contributed by atoms with Crippen LogP contribution in [0.5, 0.6) is 0 Å². The Hall–Kier alpha value is -2.62. The predicted octanol–water partition coefficient (Wildman–Crippen LogP) is -2.10. The van der Waals surface area contributed by atoms with Crippen molar-refractivity contribution < 1.29 is 113 Å². The van der Waals surface area contributed by atoms with Crippen LogP contribution in [0.2, 0.25) is 0 Å². The number of carbonyl (C=O) groups excluding carboxylic acids is 3. The zero-order valence-electron chi connectivity index (χ0n) is 38.2. The first-order chi connectivity index (χ1) is 31.9. The fraction of sp³-hybridized carbons (Fsp3) is 0.900. The predicted molar refractivity (Wildman–Crippen MR) is 227 cm³/mol. The van der Waals surface area contributed by atoms with Gasteiger partial charge in [-0.3, -0.25) is 23.5 Å². The lowest BCUT2D eigenvalue weighted by molar-refractivity contribution is -0.338. The van der Waals surface area contributed by atoms with Gasteiger partial charge in [-0.1, -0.05) is 45.4 Å². The third kappa shape index (κ3) is 16.7. The van der Waals surface area contributed by atoms with Gasteiger partial charge in [-0.25, -0.2) is 13.2 Å². The van der Waals surface area contributed by atoms with Crippen LogP contribution in [-0.4, -0.2) is 199 Å². The fourth-order valence-electron chi connectivity index (χ4n) is 9.29. The molecule has 2 saturated heterocycles. The summed E-state index contributed by atoms with van der Waals surface area (Å²) in [7, 11) is -9.68. The number of Topliss-reactive ketones (excluding diaryl/α,β-unsaturated/α-hetero) is 1. The van der Waals surface area contributed by atoms with Gasteiger partial charge in [0.2, 0.25) is 5.91 Å². The Labute approximate surface area is 394 Å². The van der Waals surface area contributed by atoms with Gasteiger partial charge in [0.15, 0.2) is 24.8 Å². The number of ether oxygens (including phenoxy) is 6. The molecular weight excluding hydrogens is 957 g/mol. The minimum atomic E-state index is -5.41. The van der Waals surface area contributed by atoms with E-state index in [2.05, 4.69) is 19.0 Å². The second kappa shape index (κ2) is 26.2. The van der Waals surface area contributed by atoms with E-state index < -0.39 is 156 Å². The Morgan fingerprint density at radius 1 is 0.838 bits per heavy atom.